The molecule has 0 aromatic heterocycles. The molecule has 2 N–H and O–H groups in total. The molecule has 1 aromatic rings. The number of nitrogens with zero attached hydrogens (tertiary/aromatic N) is 1. The van der Waals surface area contributed by atoms with Gasteiger partial charge in [0.1, 0.15) is 6.04 Å². The Morgan fingerprint density at radius 2 is 1.71 bits per heavy atom. The van der Waals surface area contributed by atoms with Crippen molar-refractivity contribution >= 4 is 11.8 Å². The van der Waals surface area contributed by atoms with Gasteiger partial charge in [0, 0.05) is 32.6 Å². The van der Waals surface area contributed by atoms with E-state index in [9.17, 15) is 9.59 Å². The summed E-state index contributed by atoms with van der Waals surface area (Å²) in [7, 11) is 0. The molecule has 0 radical (unpaired) electrons. The molecule has 2 amide bonds. The fraction of sp³-hybridized carbons (Fsp3) is 0.636. The maximum atomic E-state index is 12.7. The first-order valence-corrected chi connectivity index (χ1v) is 10.3. The van der Waals surface area contributed by atoms with Crippen LogP contribution in [0.25, 0.3) is 0 Å². The fourth-order valence-electron chi connectivity index (χ4n) is 3.31. The highest BCUT2D eigenvalue weighted by molar-refractivity contribution is 5.87. The molecular weight excluding hydrogens is 354 g/mol. The molecule has 6 nitrogen and oxygen atoms in total. The van der Waals surface area contributed by atoms with Crippen LogP contribution in [0.15, 0.2) is 24.3 Å². The van der Waals surface area contributed by atoms with Gasteiger partial charge in [-0.05, 0) is 23.0 Å². The highest BCUT2D eigenvalue weighted by Gasteiger charge is 2.24. The number of ether oxygens (including phenoxy) is 1. The summed E-state index contributed by atoms with van der Waals surface area (Å²) < 4.78 is 5.42. The number of benzene rings is 1. The normalized spacial score (nSPS) is 16.2. The second-order valence-electron chi connectivity index (χ2n) is 8.26. The monoisotopic (exact) mass is 389 g/mol. The summed E-state index contributed by atoms with van der Waals surface area (Å²) in [6, 6.07) is 7.68. The number of hydrogen-bond donors (Lipinski definition) is 2. The van der Waals surface area contributed by atoms with E-state index in [2.05, 4.69) is 27.7 Å². The van der Waals surface area contributed by atoms with Gasteiger partial charge >= 0.3 is 0 Å². The minimum atomic E-state index is -0.516. The lowest BCUT2D eigenvalue weighted by Crippen LogP contribution is -2.49. The average molecular weight is 390 g/mol. The van der Waals surface area contributed by atoms with E-state index in [1.807, 2.05) is 39.8 Å². The van der Waals surface area contributed by atoms with Gasteiger partial charge in [-0.25, -0.2) is 0 Å². The van der Waals surface area contributed by atoms with Gasteiger partial charge < -0.3 is 15.4 Å². The summed E-state index contributed by atoms with van der Waals surface area (Å²) in [6.45, 7) is 12.6. The molecule has 0 bridgehead atoms. The molecule has 6 heteroatoms. The number of rotatable bonds is 9. The molecule has 0 aliphatic carbocycles. The summed E-state index contributed by atoms with van der Waals surface area (Å²) in [4.78, 5) is 27.2. The standard InChI is InChI=1S/C22H35N3O3/c1-16(2)13-20(26)24-21(17(3)4)22(27)23-14-18-7-5-6-8-19(18)15-25-9-11-28-12-10-25/h5-8,16-17,21H,9-15H2,1-4H3,(H,23,27)(H,24,26). The van der Waals surface area contributed by atoms with Crippen LogP contribution in [0.2, 0.25) is 0 Å². The molecule has 2 rings (SSSR count). The van der Waals surface area contributed by atoms with E-state index in [0.29, 0.717) is 13.0 Å². The topological polar surface area (TPSA) is 70.7 Å². The average Bonchev–Trinajstić information content (AvgIpc) is 2.65. The molecule has 0 saturated carbocycles. The SMILES string of the molecule is CC(C)CC(=O)NC(C(=O)NCc1ccccc1CN1CCOCC1)C(C)C. The molecule has 1 heterocycles. The van der Waals surface area contributed by atoms with Crippen molar-refractivity contribution in [3.05, 3.63) is 35.4 Å². The Morgan fingerprint density at radius 1 is 1.07 bits per heavy atom. The molecule has 28 heavy (non-hydrogen) atoms. The van der Waals surface area contributed by atoms with Crippen molar-refractivity contribution in [3.63, 3.8) is 0 Å². The predicted octanol–water partition coefficient (Wildman–Crippen LogP) is 2.32. The smallest absolute Gasteiger partial charge is 0.243 e. The molecule has 1 atom stereocenters. The molecule has 1 unspecified atom stereocenters. The summed E-state index contributed by atoms with van der Waals surface area (Å²) in [5, 5.41) is 5.91. The third-order valence-electron chi connectivity index (χ3n) is 4.93. The number of nitrogens with one attached hydrogen (secondary N) is 2. The fourth-order valence-corrected chi connectivity index (χ4v) is 3.31. The first-order chi connectivity index (χ1) is 13.4. The lowest BCUT2D eigenvalue weighted by Gasteiger charge is -2.27. The third-order valence-corrected chi connectivity index (χ3v) is 4.93. The number of carbonyl (C=O) groups excluding carboxylic acids is 2. The summed E-state index contributed by atoms with van der Waals surface area (Å²) >= 11 is 0. The number of amides is 2. The van der Waals surface area contributed by atoms with Crippen molar-refractivity contribution in [1.82, 2.24) is 15.5 Å². The zero-order valence-electron chi connectivity index (χ0n) is 17.7. The first kappa shape index (κ1) is 22.4. The van der Waals surface area contributed by atoms with Gasteiger partial charge in [0.25, 0.3) is 0 Å². The van der Waals surface area contributed by atoms with Crippen molar-refractivity contribution in [1.29, 1.82) is 0 Å². The van der Waals surface area contributed by atoms with Gasteiger partial charge in [0.2, 0.25) is 11.8 Å². The maximum Gasteiger partial charge on any atom is 0.243 e. The lowest BCUT2D eigenvalue weighted by atomic mass is 10.0. The Balaban J connectivity index is 1.95. The van der Waals surface area contributed by atoms with Gasteiger partial charge in [0.15, 0.2) is 0 Å². The van der Waals surface area contributed by atoms with E-state index in [1.165, 1.54) is 5.56 Å². The van der Waals surface area contributed by atoms with Gasteiger partial charge in [-0.15, -0.1) is 0 Å². The van der Waals surface area contributed by atoms with Crippen LogP contribution in [-0.4, -0.2) is 49.1 Å². The quantitative estimate of drug-likeness (QED) is 0.680. The van der Waals surface area contributed by atoms with Crippen molar-refractivity contribution in [2.75, 3.05) is 26.3 Å². The Hall–Kier alpha value is -1.92. The van der Waals surface area contributed by atoms with E-state index >= 15 is 0 Å². The van der Waals surface area contributed by atoms with Crippen molar-refractivity contribution < 1.29 is 14.3 Å². The summed E-state index contributed by atoms with van der Waals surface area (Å²) in [5.41, 5.74) is 2.33. The van der Waals surface area contributed by atoms with E-state index < -0.39 is 6.04 Å². The maximum absolute atomic E-state index is 12.7. The Morgan fingerprint density at radius 3 is 2.32 bits per heavy atom. The van der Waals surface area contributed by atoms with E-state index in [1.54, 1.807) is 0 Å². The van der Waals surface area contributed by atoms with Gasteiger partial charge in [0.05, 0.1) is 13.2 Å². The van der Waals surface area contributed by atoms with E-state index in [4.69, 9.17) is 4.74 Å². The van der Waals surface area contributed by atoms with Gasteiger partial charge in [-0.1, -0.05) is 52.0 Å². The van der Waals surface area contributed by atoms with Crippen molar-refractivity contribution in [2.24, 2.45) is 11.8 Å². The van der Waals surface area contributed by atoms with Crippen LogP contribution >= 0.6 is 0 Å². The zero-order valence-corrected chi connectivity index (χ0v) is 17.7. The molecule has 156 valence electrons. The van der Waals surface area contributed by atoms with Crippen LogP contribution in [0.4, 0.5) is 0 Å². The van der Waals surface area contributed by atoms with Gasteiger partial charge in [-0.2, -0.15) is 0 Å². The Bertz CT molecular complexity index is 640. The minimum absolute atomic E-state index is 0.0275. The van der Waals surface area contributed by atoms with Crippen molar-refractivity contribution in [2.45, 2.75) is 53.2 Å². The minimum Gasteiger partial charge on any atom is -0.379 e. The number of carbonyl (C=O) groups is 2. The third kappa shape index (κ3) is 7.24. The molecule has 1 fully saturated rings. The molecule has 0 spiro atoms. The molecule has 1 aliphatic heterocycles. The predicted molar refractivity (Wildman–Crippen MR) is 111 cm³/mol. The zero-order chi connectivity index (χ0) is 20.5. The van der Waals surface area contributed by atoms with E-state index in [-0.39, 0.29) is 23.7 Å². The Labute approximate surface area is 169 Å². The second-order valence-corrected chi connectivity index (χ2v) is 8.26. The highest BCUT2D eigenvalue weighted by atomic mass is 16.5. The number of morpholine rings is 1. The highest BCUT2D eigenvalue weighted by Crippen LogP contribution is 2.13. The second kappa shape index (κ2) is 11.2. The summed E-state index contributed by atoms with van der Waals surface area (Å²) in [5.74, 6) is 0.0903. The Kier molecular flexibility index (Phi) is 8.93. The molecule has 1 aliphatic rings. The van der Waals surface area contributed by atoms with Gasteiger partial charge in [-0.3, -0.25) is 14.5 Å². The largest absolute Gasteiger partial charge is 0.379 e. The van der Waals surface area contributed by atoms with Crippen LogP contribution in [0.1, 0.15) is 45.2 Å². The lowest BCUT2D eigenvalue weighted by molar-refractivity contribution is -0.130. The molecule has 1 aromatic carbocycles. The first-order valence-electron chi connectivity index (χ1n) is 10.3. The summed E-state index contributed by atoms with van der Waals surface area (Å²) in [6.07, 6.45) is 0.429. The van der Waals surface area contributed by atoms with Crippen LogP contribution in [0, 0.1) is 11.8 Å². The van der Waals surface area contributed by atoms with Crippen molar-refractivity contribution in [3.8, 4) is 0 Å². The van der Waals surface area contributed by atoms with Crippen LogP contribution in [-0.2, 0) is 27.4 Å². The van der Waals surface area contributed by atoms with Crippen LogP contribution in [0.3, 0.4) is 0 Å². The van der Waals surface area contributed by atoms with Crippen LogP contribution < -0.4 is 10.6 Å². The number of hydrogen-bond acceptors (Lipinski definition) is 4. The molecule has 1 saturated heterocycles. The molecular formula is C22H35N3O3. The van der Waals surface area contributed by atoms with E-state index in [0.717, 1.165) is 38.4 Å². The van der Waals surface area contributed by atoms with Crippen LogP contribution in [0.5, 0.6) is 0 Å².